The molecule has 0 unspecified atom stereocenters. The Morgan fingerprint density at radius 1 is 1.78 bits per heavy atom. The maximum absolute atomic E-state index is 4.22. The molecule has 0 saturated heterocycles. The first kappa shape index (κ1) is 6.61. The molecule has 0 aromatic carbocycles. The molecule has 0 bridgehead atoms. The predicted octanol–water partition coefficient (Wildman–Crippen LogP) is 0.683. The summed E-state index contributed by atoms with van der Waals surface area (Å²) >= 11 is 1.57. The quantitative estimate of drug-likeness (QED) is 0.541. The van der Waals surface area contributed by atoms with Crippen LogP contribution in [0, 0.1) is 0 Å². The second-order valence-electron chi connectivity index (χ2n) is 1.77. The second kappa shape index (κ2) is 2.87. The van der Waals surface area contributed by atoms with Crippen LogP contribution >= 0.6 is 11.8 Å². The Morgan fingerprint density at radius 3 is 3.00 bits per heavy atom. The number of hydrogen-bond acceptors (Lipinski definition) is 4. The number of nitrogens with one attached hydrogen (secondary N) is 1. The summed E-state index contributed by atoms with van der Waals surface area (Å²) in [5, 5.41) is 4.78. The van der Waals surface area contributed by atoms with Crippen LogP contribution in [-0.4, -0.2) is 23.7 Å². The molecule has 0 radical (unpaired) electrons. The second-order valence-corrected chi connectivity index (χ2v) is 2.56. The maximum Gasteiger partial charge on any atom is 0.177 e. The van der Waals surface area contributed by atoms with Crippen molar-refractivity contribution in [2.45, 2.75) is 13.0 Å². The Kier molecular flexibility index (Phi) is 2.10. The van der Waals surface area contributed by atoms with Crippen LogP contribution in [0.15, 0.2) is 10.1 Å². The number of hydrogen-bond donors (Lipinski definition) is 1. The van der Waals surface area contributed by atoms with Gasteiger partial charge in [0.1, 0.15) is 0 Å². The van der Waals surface area contributed by atoms with Crippen molar-refractivity contribution in [2.24, 2.45) is 10.1 Å². The average molecular weight is 143 g/mol. The van der Waals surface area contributed by atoms with Gasteiger partial charge in [0.15, 0.2) is 5.17 Å². The molecule has 9 heavy (non-hydrogen) atoms. The van der Waals surface area contributed by atoms with E-state index in [2.05, 4.69) is 15.5 Å². The van der Waals surface area contributed by atoms with E-state index in [0.29, 0.717) is 0 Å². The van der Waals surface area contributed by atoms with Gasteiger partial charge in [0.05, 0.1) is 6.04 Å². The van der Waals surface area contributed by atoms with Crippen LogP contribution in [0.1, 0.15) is 6.92 Å². The molecule has 0 aliphatic carbocycles. The van der Waals surface area contributed by atoms with Crippen LogP contribution in [-0.2, 0) is 0 Å². The first-order valence-electron chi connectivity index (χ1n) is 2.74. The van der Waals surface area contributed by atoms with Crippen molar-refractivity contribution in [1.29, 1.82) is 0 Å². The molecular formula is C5H9N3S. The Labute approximate surface area is 58.6 Å². The van der Waals surface area contributed by atoms with Gasteiger partial charge in [0, 0.05) is 6.21 Å². The molecule has 0 aromatic rings. The van der Waals surface area contributed by atoms with Crippen molar-refractivity contribution in [3.8, 4) is 0 Å². The maximum atomic E-state index is 4.22. The van der Waals surface area contributed by atoms with Crippen LogP contribution in [0.2, 0.25) is 0 Å². The number of amidine groups is 1. The molecule has 0 saturated carbocycles. The number of aliphatic imine (C=N–C) groups is 1. The molecule has 1 rings (SSSR count). The van der Waals surface area contributed by atoms with Crippen molar-refractivity contribution in [3.05, 3.63) is 0 Å². The Hall–Kier alpha value is -0.510. The summed E-state index contributed by atoms with van der Waals surface area (Å²) in [5.41, 5.74) is 2.78. The van der Waals surface area contributed by atoms with Crippen LogP contribution in [0.25, 0.3) is 0 Å². The number of nitrogens with zero attached hydrogens (tertiary/aromatic N) is 2. The lowest BCUT2D eigenvalue weighted by atomic mass is 10.4. The lowest BCUT2D eigenvalue weighted by molar-refractivity contribution is 0.903. The summed E-state index contributed by atoms with van der Waals surface area (Å²) in [4.78, 5) is 4.22. The highest BCUT2D eigenvalue weighted by Gasteiger charge is 2.02. The van der Waals surface area contributed by atoms with E-state index in [1.165, 1.54) is 0 Å². The van der Waals surface area contributed by atoms with E-state index in [0.717, 1.165) is 5.17 Å². The van der Waals surface area contributed by atoms with Gasteiger partial charge in [0.2, 0.25) is 0 Å². The molecule has 1 aliphatic rings. The smallest absolute Gasteiger partial charge is 0.177 e. The highest BCUT2D eigenvalue weighted by molar-refractivity contribution is 8.13. The molecule has 1 aliphatic heterocycles. The lowest BCUT2D eigenvalue weighted by Crippen LogP contribution is -2.22. The molecule has 1 N–H and O–H groups in total. The molecule has 0 spiro atoms. The van der Waals surface area contributed by atoms with E-state index in [1.54, 1.807) is 18.0 Å². The van der Waals surface area contributed by atoms with Gasteiger partial charge in [-0.25, -0.2) is 0 Å². The molecule has 50 valence electrons. The van der Waals surface area contributed by atoms with Crippen molar-refractivity contribution in [3.63, 3.8) is 0 Å². The first-order chi connectivity index (χ1) is 4.33. The van der Waals surface area contributed by atoms with E-state index < -0.39 is 0 Å². The minimum absolute atomic E-state index is 0.230. The van der Waals surface area contributed by atoms with Gasteiger partial charge in [-0.2, -0.15) is 5.10 Å². The van der Waals surface area contributed by atoms with Gasteiger partial charge >= 0.3 is 0 Å². The fraction of sp³-hybridized carbons (Fsp3) is 0.600. The monoisotopic (exact) mass is 143 g/mol. The minimum atomic E-state index is 0.230. The topological polar surface area (TPSA) is 36.8 Å². The van der Waals surface area contributed by atoms with E-state index in [4.69, 9.17) is 0 Å². The lowest BCUT2D eigenvalue weighted by Gasteiger charge is -2.09. The van der Waals surface area contributed by atoms with Gasteiger partial charge in [-0.3, -0.25) is 10.4 Å². The number of hydrazone groups is 1. The molecule has 0 amide bonds. The summed E-state index contributed by atoms with van der Waals surface area (Å²) in [5.74, 6) is 0. The SMILES string of the molecule is CSC1=N[C@@H](C)C=NN1. The molecule has 3 nitrogen and oxygen atoms in total. The third-order valence-electron chi connectivity index (χ3n) is 0.965. The number of thioether (sulfide) groups is 1. The average Bonchev–Trinajstić information content (AvgIpc) is 1.88. The zero-order valence-electron chi connectivity index (χ0n) is 5.46. The van der Waals surface area contributed by atoms with Crippen molar-refractivity contribution in [2.75, 3.05) is 6.26 Å². The summed E-state index contributed by atoms with van der Waals surface area (Å²) in [7, 11) is 0. The zero-order chi connectivity index (χ0) is 6.69. The van der Waals surface area contributed by atoms with E-state index in [-0.39, 0.29) is 6.04 Å². The Bertz CT molecular complexity index is 152. The molecule has 0 aromatic heterocycles. The normalized spacial score (nSPS) is 25.1. The summed E-state index contributed by atoms with van der Waals surface area (Å²) in [6.45, 7) is 2.00. The van der Waals surface area contributed by atoms with E-state index in [1.807, 2.05) is 13.2 Å². The third kappa shape index (κ3) is 1.71. The number of rotatable bonds is 0. The minimum Gasteiger partial charge on any atom is -0.256 e. The van der Waals surface area contributed by atoms with Crippen LogP contribution in [0.3, 0.4) is 0 Å². The third-order valence-corrected chi connectivity index (χ3v) is 1.55. The highest BCUT2D eigenvalue weighted by Crippen LogP contribution is 2.00. The van der Waals surface area contributed by atoms with Crippen molar-refractivity contribution < 1.29 is 0 Å². The fourth-order valence-corrected chi connectivity index (χ4v) is 0.962. The largest absolute Gasteiger partial charge is 0.256 e. The summed E-state index contributed by atoms with van der Waals surface area (Å²) in [6.07, 6.45) is 3.75. The van der Waals surface area contributed by atoms with Crippen LogP contribution in [0.5, 0.6) is 0 Å². The summed E-state index contributed by atoms with van der Waals surface area (Å²) in [6, 6.07) is 0.230. The zero-order valence-corrected chi connectivity index (χ0v) is 6.27. The van der Waals surface area contributed by atoms with Gasteiger partial charge in [-0.1, -0.05) is 11.8 Å². The van der Waals surface area contributed by atoms with Gasteiger partial charge < -0.3 is 0 Å². The summed E-state index contributed by atoms with van der Waals surface area (Å²) < 4.78 is 0. The van der Waals surface area contributed by atoms with Crippen molar-refractivity contribution in [1.82, 2.24) is 5.43 Å². The van der Waals surface area contributed by atoms with Crippen LogP contribution in [0.4, 0.5) is 0 Å². The van der Waals surface area contributed by atoms with E-state index in [9.17, 15) is 0 Å². The molecule has 1 heterocycles. The molecule has 0 fully saturated rings. The van der Waals surface area contributed by atoms with Crippen LogP contribution < -0.4 is 5.43 Å². The molecule has 1 atom stereocenters. The first-order valence-corrected chi connectivity index (χ1v) is 3.96. The fourth-order valence-electron chi connectivity index (χ4n) is 0.546. The van der Waals surface area contributed by atoms with E-state index >= 15 is 0 Å². The van der Waals surface area contributed by atoms with Gasteiger partial charge in [-0.05, 0) is 13.2 Å². The molecule has 4 heteroatoms. The Balaban J connectivity index is 2.55. The molecular weight excluding hydrogens is 134 g/mol. The highest BCUT2D eigenvalue weighted by atomic mass is 32.2. The predicted molar refractivity (Wildman–Crippen MR) is 42.0 cm³/mol. The van der Waals surface area contributed by atoms with Gasteiger partial charge in [-0.15, -0.1) is 0 Å². The standard InChI is InChI=1S/C5H9N3S/c1-4-3-6-8-5(7-4)9-2/h3-4H,1-2H3,(H,7,8)/t4-/m0/s1. The van der Waals surface area contributed by atoms with Crippen molar-refractivity contribution >= 4 is 23.1 Å². The van der Waals surface area contributed by atoms with Gasteiger partial charge in [0.25, 0.3) is 0 Å². The Morgan fingerprint density at radius 2 is 2.56 bits per heavy atom.